The van der Waals surface area contributed by atoms with Crippen molar-refractivity contribution in [2.75, 3.05) is 6.54 Å². The summed E-state index contributed by atoms with van der Waals surface area (Å²) in [5.41, 5.74) is 2.72. The molecule has 0 fully saturated rings. The Morgan fingerprint density at radius 3 is 2.54 bits per heavy atom. The minimum Gasteiger partial charge on any atom is -0.467 e. The molecule has 1 N–H and O–H groups in total. The largest absolute Gasteiger partial charge is 0.467 e. The third-order valence-electron chi connectivity index (χ3n) is 5.54. The SMILES string of the molecule is Cn1c(=O)c2c(-c3ccccc3)n3c(c2n(C)c1=O)C(c1ccco1)NCC3. The van der Waals surface area contributed by atoms with E-state index in [1.54, 1.807) is 17.9 Å². The highest BCUT2D eigenvalue weighted by Gasteiger charge is 2.33. The number of aromatic nitrogens is 3. The zero-order valence-corrected chi connectivity index (χ0v) is 15.7. The third-order valence-corrected chi connectivity index (χ3v) is 5.54. The molecule has 1 aromatic carbocycles. The van der Waals surface area contributed by atoms with Crippen molar-refractivity contribution in [2.45, 2.75) is 12.6 Å². The number of furan rings is 1. The lowest BCUT2D eigenvalue weighted by molar-refractivity contribution is 0.398. The predicted molar refractivity (Wildman–Crippen MR) is 106 cm³/mol. The number of fused-ring (bicyclic) bond motifs is 3. The molecule has 0 saturated heterocycles. The van der Waals surface area contributed by atoms with E-state index in [0.717, 1.165) is 29.3 Å². The van der Waals surface area contributed by atoms with Crippen molar-refractivity contribution < 1.29 is 4.42 Å². The molecule has 7 nitrogen and oxygen atoms in total. The Morgan fingerprint density at radius 1 is 1.04 bits per heavy atom. The number of hydrogen-bond acceptors (Lipinski definition) is 4. The van der Waals surface area contributed by atoms with Crippen molar-refractivity contribution in [3.8, 4) is 11.3 Å². The van der Waals surface area contributed by atoms with Crippen LogP contribution in [0.2, 0.25) is 0 Å². The molecule has 1 atom stereocenters. The highest BCUT2D eigenvalue weighted by molar-refractivity contribution is 5.96. The number of aryl methyl sites for hydroxylation is 1. The molecule has 3 aromatic heterocycles. The van der Waals surface area contributed by atoms with Crippen LogP contribution in [0, 0.1) is 0 Å². The Bertz CT molecular complexity index is 1290. The van der Waals surface area contributed by atoms with E-state index < -0.39 is 0 Å². The van der Waals surface area contributed by atoms with E-state index in [9.17, 15) is 9.59 Å². The topological polar surface area (TPSA) is 74.1 Å². The molecule has 142 valence electrons. The zero-order chi connectivity index (χ0) is 19.4. The molecule has 4 aromatic rings. The maximum absolute atomic E-state index is 13.2. The minimum absolute atomic E-state index is 0.235. The molecule has 1 unspecified atom stereocenters. The first kappa shape index (κ1) is 16.8. The molecule has 1 aliphatic heterocycles. The van der Waals surface area contributed by atoms with Crippen LogP contribution in [-0.4, -0.2) is 20.2 Å². The Morgan fingerprint density at radius 2 is 1.82 bits per heavy atom. The molecule has 0 spiro atoms. The molecule has 28 heavy (non-hydrogen) atoms. The second-order valence-corrected chi connectivity index (χ2v) is 7.08. The molecular weight excluding hydrogens is 356 g/mol. The first-order valence-corrected chi connectivity index (χ1v) is 9.24. The fraction of sp³-hybridized carbons (Fsp3) is 0.238. The van der Waals surface area contributed by atoms with Gasteiger partial charge in [-0.3, -0.25) is 13.9 Å². The van der Waals surface area contributed by atoms with Crippen molar-refractivity contribution in [1.82, 2.24) is 19.0 Å². The highest BCUT2D eigenvalue weighted by Crippen LogP contribution is 2.38. The van der Waals surface area contributed by atoms with Gasteiger partial charge in [-0.15, -0.1) is 0 Å². The maximum Gasteiger partial charge on any atom is 0.331 e. The van der Waals surface area contributed by atoms with Crippen LogP contribution in [-0.2, 0) is 20.6 Å². The van der Waals surface area contributed by atoms with Gasteiger partial charge in [0.25, 0.3) is 5.56 Å². The summed E-state index contributed by atoms with van der Waals surface area (Å²) in [6.45, 7) is 1.43. The van der Waals surface area contributed by atoms with Crippen molar-refractivity contribution >= 4 is 10.9 Å². The molecule has 0 radical (unpaired) electrons. The summed E-state index contributed by atoms with van der Waals surface area (Å²) >= 11 is 0. The van der Waals surface area contributed by atoms with Gasteiger partial charge in [-0.2, -0.15) is 0 Å². The summed E-state index contributed by atoms with van der Waals surface area (Å²) in [6, 6.07) is 13.4. The molecular formula is C21H20N4O3. The Kier molecular flexibility index (Phi) is 3.67. The zero-order valence-electron chi connectivity index (χ0n) is 15.7. The van der Waals surface area contributed by atoms with Gasteiger partial charge >= 0.3 is 5.69 Å². The van der Waals surface area contributed by atoms with E-state index in [-0.39, 0.29) is 17.3 Å². The Balaban J connectivity index is 1.99. The number of nitrogens with zero attached hydrogens (tertiary/aromatic N) is 3. The predicted octanol–water partition coefficient (Wildman–Crippen LogP) is 1.99. The fourth-order valence-electron chi connectivity index (χ4n) is 4.27. The van der Waals surface area contributed by atoms with Crippen molar-refractivity contribution in [3.63, 3.8) is 0 Å². The standard InChI is InChI=1S/C21H20N4O3/c1-23-18-15(20(26)24(2)21(23)27)17(13-7-4-3-5-8-13)25-11-10-22-16(19(18)25)14-9-6-12-28-14/h3-9,12,16,22H,10-11H2,1-2H3. The summed E-state index contributed by atoms with van der Waals surface area (Å²) in [7, 11) is 3.24. The van der Waals surface area contributed by atoms with Gasteiger partial charge in [-0.1, -0.05) is 30.3 Å². The highest BCUT2D eigenvalue weighted by atomic mass is 16.3. The van der Waals surface area contributed by atoms with E-state index in [2.05, 4.69) is 9.88 Å². The number of nitrogens with one attached hydrogen (secondary N) is 1. The number of rotatable bonds is 2. The maximum atomic E-state index is 13.2. The van der Waals surface area contributed by atoms with Crippen LogP contribution in [0.1, 0.15) is 17.5 Å². The Hall–Kier alpha value is -3.32. The van der Waals surface area contributed by atoms with Crippen LogP contribution in [0.3, 0.4) is 0 Å². The van der Waals surface area contributed by atoms with Gasteiger partial charge in [0.15, 0.2) is 0 Å². The summed E-state index contributed by atoms with van der Waals surface area (Å²) in [6.07, 6.45) is 1.64. The summed E-state index contributed by atoms with van der Waals surface area (Å²) in [5, 5.41) is 4.04. The molecule has 4 heterocycles. The van der Waals surface area contributed by atoms with Gasteiger partial charge in [-0.05, 0) is 17.7 Å². The molecule has 0 saturated carbocycles. The first-order chi connectivity index (χ1) is 13.6. The van der Waals surface area contributed by atoms with Gasteiger partial charge in [0.1, 0.15) is 11.8 Å². The lowest BCUT2D eigenvalue weighted by Gasteiger charge is -2.26. The van der Waals surface area contributed by atoms with Crippen molar-refractivity contribution in [1.29, 1.82) is 0 Å². The normalized spacial score (nSPS) is 16.4. The number of benzene rings is 1. The summed E-state index contributed by atoms with van der Waals surface area (Å²) in [5.74, 6) is 0.757. The van der Waals surface area contributed by atoms with Gasteiger partial charge in [-0.25, -0.2) is 4.79 Å². The third kappa shape index (κ3) is 2.20. The van der Waals surface area contributed by atoms with E-state index in [0.29, 0.717) is 17.4 Å². The van der Waals surface area contributed by atoms with E-state index in [1.165, 1.54) is 11.6 Å². The molecule has 0 bridgehead atoms. The second-order valence-electron chi connectivity index (χ2n) is 7.08. The van der Waals surface area contributed by atoms with Crippen LogP contribution < -0.4 is 16.6 Å². The van der Waals surface area contributed by atoms with Crippen LogP contribution in [0.25, 0.3) is 22.2 Å². The van der Waals surface area contributed by atoms with Crippen molar-refractivity contribution in [3.05, 3.63) is 81.0 Å². The number of hydrogen-bond donors (Lipinski definition) is 1. The first-order valence-electron chi connectivity index (χ1n) is 9.24. The van der Waals surface area contributed by atoms with E-state index >= 15 is 0 Å². The second kappa shape index (κ2) is 6.10. The smallest absolute Gasteiger partial charge is 0.331 e. The lowest BCUT2D eigenvalue weighted by Crippen LogP contribution is -2.38. The summed E-state index contributed by atoms with van der Waals surface area (Å²) < 4.78 is 10.6. The average Bonchev–Trinajstić information content (AvgIpc) is 3.37. The van der Waals surface area contributed by atoms with Crippen LogP contribution in [0.15, 0.2) is 62.7 Å². The molecule has 0 amide bonds. The lowest BCUT2D eigenvalue weighted by atomic mass is 10.1. The van der Waals surface area contributed by atoms with Gasteiger partial charge in [0, 0.05) is 27.2 Å². The minimum atomic E-state index is -0.339. The molecule has 1 aliphatic rings. The Labute approximate surface area is 160 Å². The van der Waals surface area contributed by atoms with Gasteiger partial charge in [0.05, 0.1) is 28.6 Å². The molecule has 7 heteroatoms. The molecule has 5 rings (SSSR count). The molecule has 0 aliphatic carbocycles. The van der Waals surface area contributed by atoms with Gasteiger partial charge < -0.3 is 14.3 Å². The van der Waals surface area contributed by atoms with Crippen molar-refractivity contribution in [2.24, 2.45) is 14.1 Å². The van der Waals surface area contributed by atoms with Crippen LogP contribution in [0.5, 0.6) is 0 Å². The quantitative estimate of drug-likeness (QED) is 0.581. The fourth-order valence-corrected chi connectivity index (χ4v) is 4.27. The van der Waals surface area contributed by atoms with Crippen LogP contribution in [0.4, 0.5) is 0 Å². The van der Waals surface area contributed by atoms with E-state index in [4.69, 9.17) is 4.42 Å². The van der Waals surface area contributed by atoms with Gasteiger partial charge in [0.2, 0.25) is 0 Å². The van der Waals surface area contributed by atoms with E-state index in [1.807, 2.05) is 42.5 Å². The average molecular weight is 376 g/mol. The summed E-state index contributed by atoms with van der Waals surface area (Å²) in [4.78, 5) is 25.9. The van der Waals surface area contributed by atoms with Crippen LogP contribution >= 0.6 is 0 Å². The monoisotopic (exact) mass is 376 g/mol.